The van der Waals surface area contributed by atoms with Gasteiger partial charge >= 0.3 is 0 Å². The molecule has 1 aliphatic rings. The van der Waals surface area contributed by atoms with E-state index in [1.54, 1.807) is 0 Å². The van der Waals surface area contributed by atoms with E-state index >= 15 is 0 Å². The molecule has 0 spiro atoms. The molecule has 3 heteroatoms. The van der Waals surface area contributed by atoms with Gasteiger partial charge in [-0.15, -0.1) is 0 Å². The minimum absolute atomic E-state index is 0.0440. The second kappa shape index (κ2) is 3.28. The molecular formula is C7H12O2S. The quantitative estimate of drug-likeness (QED) is 0.575. The maximum Gasteiger partial charge on any atom is 0.221 e. The average Bonchev–Trinajstić information content (AvgIpc) is 2.36. The zero-order chi connectivity index (χ0) is 7.56. The molecule has 1 fully saturated rings. The number of carbonyl (C=O) groups is 1. The molecule has 1 aliphatic carbocycles. The minimum Gasteiger partial charge on any atom is -0.284 e. The molecule has 0 aromatic rings. The van der Waals surface area contributed by atoms with Crippen LogP contribution in [0.25, 0.3) is 0 Å². The largest absolute Gasteiger partial charge is 0.284 e. The molecule has 0 heterocycles. The van der Waals surface area contributed by atoms with Crippen LogP contribution in [0.5, 0.6) is 0 Å². The van der Waals surface area contributed by atoms with Crippen molar-refractivity contribution in [3.05, 3.63) is 0 Å². The van der Waals surface area contributed by atoms with Gasteiger partial charge in [0, 0.05) is 12.2 Å². The average molecular weight is 160 g/mol. The van der Waals surface area contributed by atoms with E-state index in [4.69, 9.17) is 0 Å². The highest BCUT2D eigenvalue weighted by molar-refractivity contribution is 7.99. The first-order chi connectivity index (χ1) is 4.72. The lowest BCUT2D eigenvalue weighted by Crippen LogP contribution is -2.14. The van der Waals surface area contributed by atoms with Crippen molar-refractivity contribution in [3.63, 3.8) is 0 Å². The van der Waals surface area contributed by atoms with Gasteiger partial charge in [-0.2, -0.15) is 0 Å². The predicted octanol–water partition coefficient (Wildman–Crippen LogP) is 1.08. The van der Waals surface area contributed by atoms with E-state index in [0.29, 0.717) is 0 Å². The first-order valence-corrected chi connectivity index (χ1v) is 5.15. The van der Waals surface area contributed by atoms with Crippen molar-refractivity contribution in [2.45, 2.75) is 25.7 Å². The van der Waals surface area contributed by atoms with Crippen LogP contribution in [0.15, 0.2) is 0 Å². The van der Waals surface area contributed by atoms with Gasteiger partial charge in [-0.25, -0.2) is 0 Å². The smallest absolute Gasteiger partial charge is 0.221 e. The second-order valence-corrected chi connectivity index (χ2v) is 4.07. The highest BCUT2D eigenvalue weighted by atomic mass is 32.2. The summed E-state index contributed by atoms with van der Waals surface area (Å²) in [7, 11) is -1.24. The van der Waals surface area contributed by atoms with Crippen LogP contribution in [0, 0.1) is 5.92 Å². The minimum atomic E-state index is -1.24. The van der Waals surface area contributed by atoms with Crippen LogP contribution < -0.4 is 0 Å². The Kier molecular flexibility index (Phi) is 2.60. The summed E-state index contributed by atoms with van der Waals surface area (Å²) in [5, 5.41) is -0.0440. The molecule has 0 bridgehead atoms. The number of hydrogen-bond acceptors (Lipinski definition) is 2. The summed E-state index contributed by atoms with van der Waals surface area (Å²) in [6.07, 6.45) is 5.65. The standard InChI is InChI=1S/C7H12O2S/c1-10(9)7(8)6-4-2-3-5-6/h6H,2-5H2,1H3. The highest BCUT2D eigenvalue weighted by Crippen LogP contribution is 2.25. The lowest BCUT2D eigenvalue weighted by atomic mass is 10.1. The van der Waals surface area contributed by atoms with Crippen molar-refractivity contribution in [3.8, 4) is 0 Å². The third-order valence-electron chi connectivity index (χ3n) is 1.97. The zero-order valence-corrected chi connectivity index (χ0v) is 6.95. The predicted molar refractivity (Wildman–Crippen MR) is 41.0 cm³/mol. The number of carbonyl (C=O) groups excluding carboxylic acids is 1. The summed E-state index contributed by atoms with van der Waals surface area (Å²) >= 11 is 0. The van der Waals surface area contributed by atoms with Crippen molar-refractivity contribution in [2.75, 3.05) is 6.26 Å². The Morgan fingerprint density at radius 1 is 1.40 bits per heavy atom. The summed E-state index contributed by atoms with van der Waals surface area (Å²) in [4.78, 5) is 11.0. The zero-order valence-electron chi connectivity index (χ0n) is 6.13. The Morgan fingerprint density at radius 3 is 2.30 bits per heavy atom. The molecule has 0 aromatic heterocycles. The third-order valence-corrected chi connectivity index (χ3v) is 2.87. The van der Waals surface area contributed by atoms with Gasteiger partial charge in [0.1, 0.15) is 0 Å². The van der Waals surface area contributed by atoms with E-state index < -0.39 is 10.8 Å². The Balaban J connectivity index is 2.48. The molecule has 1 unspecified atom stereocenters. The van der Waals surface area contributed by atoms with Crippen LogP contribution in [0.4, 0.5) is 0 Å². The fourth-order valence-corrected chi connectivity index (χ4v) is 2.10. The Bertz CT molecular complexity index is 159. The molecule has 0 amide bonds. The Morgan fingerprint density at radius 2 is 1.90 bits per heavy atom. The van der Waals surface area contributed by atoms with Crippen LogP contribution in [0.3, 0.4) is 0 Å². The van der Waals surface area contributed by atoms with Gasteiger partial charge in [0.25, 0.3) is 0 Å². The van der Waals surface area contributed by atoms with Crippen molar-refractivity contribution in [1.82, 2.24) is 0 Å². The van der Waals surface area contributed by atoms with Crippen LogP contribution in [0.1, 0.15) is 25.7 Å². The molecule has 0 radical (unpaired) electrons. The molecule has 0 N–H and O–H groups in total. The molecule has 0 aromatic carbocycles. The summed E-state index contributed by atoms with van der Waals surface area (Å²) in [5.41, 5.74) is 0. The van der Waals surface area contributed by atoms with Crippen molar-refractivity contribution in [2.24, 2.45) is 5.92 Å². The monoisotopic (exact) mass is 160 g/mol. The van der Waals surface area contributed by atoms with Crippen LogP contribution >= 0.6 is 0 Å². The van der Waals surface area contributed by atoms with Crippen molar-refractivity contribution < 1.29 is 9.00 Å². The normalized spacial score (nSPS) is 22.9. The highest BCUT2D eigenvalue weighted by Gasteiger charge is 2.24. The Hall–Kier alpha value is -0.180. The molecule has 58 valence electrons. The number of rotatable bonds is 1. The van der Waals surface area contributed by atoms with E-state index in [2.05, 4.69) is 0 Å². The Labute approximate surface area is 63.5 Å². The molecule has 2 nitrogen and oxygen atoms in total. The van der Waals surface area contributed by atoms with Crippen LogP contribution in [-0.2, 0) is 15.6 Å². The van der Waals surface area contributed by atoms with Gasteiger partial charge in [0.15, 0.2) is 0 Å². The first-order valence-electron chi connectivity index (χ1n) is 3.59. The summed E-state index contributed by atoms with van der Waals surface area (Å²) in [5.74, 6) is 0.117. The molecule has 0 aliphatic heterocycles. The fraction of sp³-hybridized carbons (Fsp3) is 0.857. The van der Waals surface area contributed by atoms with Gasteiger partial charge in [0.05, 0.1) is 10.8 Å². The fourth-order valence-electron chi connectivity index (χ4n) is 1.40. The van der Waals surface area contributed by atoms with E-state index in [9.17, 15) is 9.00 Å². The lowest BCUT2D eigenvalue weighted by Gasteiger charge is -2.02. The van der Waals surface area contributed by atoms with Crippen molar-refractivity contribution in [1.29, 1.82) is 0 Å². The third kappa shape index (κ3) is 1.66. The molecular weight excluding hydrogens is 148 g/mol. The summed E-state index contributed by atoms with van der Waals surface area (Å²) in [6, 6.07) is 0. The number of hydrogen-bond donors (Lipinski definition) is 0. The van der Waals surface area contributed by atoms with Crippen LogP contribution in [-0.4, -0.2) is 15.6 Å². The molecule has 1 rings (SSSR count). The first kappa shape index (κ1) is 7.92. The van der Waals surface area contributed by atoms with E-state index in [0.717, 1.165) is 25.7 Å². The maximum absolute atomic E-state index is 11.0. The molecule has 0 saturated heterocycles. The van der Waals surface area contributed by atoms with Gasteiger partial charge in [-0.3, -0.25) is 9.00 Å². The van der Waals surface area contributed by atoms with E-state index in [1.165, 1.54) is 6.26 Å². The van der Waals surface area contributed by atoms with Gasteiger partial charge in [-0.05, 0) is 12.8 Å². The van der Waals surface area contributed by atoms with Crippen molar-refractivity contribution >= 4 is 15.9 Å². The SMILES string of the molecule is CS(=O)C(=O)C1CCCC1. The van der Waals surface area contributed by atoms with E-state index in [1.807, 2.05) is 0 Å². The van der Waals surface area contributed by atoms with Gasteiger partial charge in [-0.1, -0.05) is 12.8 Å². The molecule has 1 atom stereocenters. The lowest BCUT2D eigenvalue weighted by molar-refractivity contribution is -0.114. The second-order valence-electron chi connectivity index (χ2n) is 2.75. The summed E-state index contributed by atoms with van der Waals surface area (Å²) in [6.45, 7) is 0. The molecule has 10 heavy (non-hydrogen) atoms. The van der Waals surface area contributed by atoms with E-state index in [-0.39, 0.29) is 11.0 Å². The summed E-state index contributed by atoms with van der Waals surface area (Å²) < 4.78 is 10.7. The van der Waals surface area contributed by atoms with Gasteiger partial charge < -0.3 is 0 Å². The topological polar surface area (TPSA) is 34.1 Å². The molecule has 1 saturated carbocycles. The maximum atomic E-state index is 11.0. The van der Waals surface area contributed by atoms with Crippen LogP contribution in [0.2, 0.25) is 0 Å². The van der Waals surface area contributed by atoms with Gasteiger partial charge in [0.2, 0.25) is 5.12 Å².